The SMILES string of the molecule is CN(C)/C=C(/C(=O)c1cccc(F)c1)c1ccnc(NC(=O)OC(C)(C)C)c1. The van der Waals surface area contributed by atoms with E-state index in [0.717, 1.165) is 0 Å². The summed E-state index contributed by atoms with van der Waals surface area (Å²) in [5.41, 5.74) is 0.450. The molecule has 0 aliphatic carbocycles. The summed E-state index contributed by atoms with van der Waals surface area (Å²) in [4.78, 5) is 30.7. The van der Waals surface area contributed by atoms with Crippen LogP contribution in [0.1, 0.15) is 36.7 Å². The number of nitrogens with zero attached hydrogens (tertiary/aromatic N) is 2. The highest BCUT2D eigenvalue weighted by Crippen LogP contribution is 2.23. The number of halogens is 1. The van der Waals surface area contributed by atoms with E-state index in [1.165, 1.54) is 24.4 Å². The second-order valence-corrected chi connectivity index (χ2v) is 7.40. The van der Waals surface area contributed by atoms with Gasteiger partial charge in [0.15, 0.2) is 5.78 Å². The van der Waals surface area contributed by atoms with Crippen molar-refractivity contribution in [3.05, 3.63) is 65.7 Å². The van der Waals surface area contributed by atoms with Gasteiger partial charge >= 0.3 is 6.09 Å². The summed E-state index contributed by atoms with van der Waals surface area (Å²) in [6.07, 6.45) is 2.47. The molecule has 1 N–H and O–H groups in total. The summed E-state index contributed by atoms with van der Waals surface area (Å²) in [6, 6.07) is 8.71. The maximum Gasteiger partial charge on any atom is 0.413 e. The Morgan fingerprint density at radius 3 is 2.46 bits per heavy atom. The molecule has 0 fully saturated rings. The summed E-state index contributed by atoms with van der Waals surface area (Å²) in [5.74, 6) is -0.594. The lowest BCUT2D eigenvalue weighted by molar-refractivity contribution is 0.0635. The van der Waals surface area contributed by atoms with Crippen molar-refractivity contribution in [1.82, 2.24) is 9.88 Å². The van der Waals surface area contributed by atoms with E-state index in [9.17, 15) is 14.0 Å². The quantitative estimate of drug-likeness (QED) is 0.612. The minimum absolute atomic E-state index is 0.228. The van der Waals surface area contributed by atoms with Gasteiger partial charge in [0, 0.05) is 37.6 Å². The fourth-order valence-corrected chi connectivity index (χ4v) is 2.38. The Labute approximate surface area is 164 Å². The number of pyridine rings is 1. The third-order valence-corrected chi connectivity index (χ3v) is 3.42. The number of anilines is 1. The van der Waals surface area contributed by atoms with E-state index in [1.54, 1.807) is 64.2 Å². The summed E-state index contributed by atoms with van der Waals surface area (Å²) in [6.45, 7) is 5.27. The molecule has 0 unspecified atom stereocenters. The summed E-state index contributed by atoms with van der Waals surface area (Å²) in [7, 11) is 3.56. The molecule has 0 bridgehead atoms. The average molecular weight is 385 g/mol. The zero-order valence-electron chi connectivity index (χ0n) is 16.6. The second-order valence-electron chi connectivity index (χ2n) is 7.40. The van der Waals surface area contributed by atoms with Gasteiger partial charge in [0.25, 0.3) is 0 Å². The van der Waals surface area contributed by atoms with Gasteiger partial charge in [0.05, 0.1) is 0 Å². The number of hydrogen-bond donors (Lipinski definition) is 1. The molecule has 0 saturated heterocycles. The monoisotopic (exact) mass is 385 g/mol. The Kier molecular flexibility index (Phi) is 6.51. The number of amides is 1. The molecular weight excluding hydrogens is 361 g/mol. The number of ether oxygens (including phenoxy) is 1. The molecule has 0 aliphatic rings. The van der Waals surface area contributed by atoms with Crippen LogP contribution in [-0.2, 0) is 4.74 Å². The van der Waals surface area contributed by atoms with Crippen molar-refractivity contribution in [2.75, 3.05) is 19.4 Å². The minimum Gasteiger partial charge on any atom is -0.444 e. The highest BCUT2D eigenvalue weighted by atomic mass is 19.1. The van der Waals surface area contributed by atoms with Crippen molar-refractivity contribution in [3.63, 3.8) is 0 Å². The Morgan fingerprint density at radius 2 is 1.86 bits per heavy atom. The molecule has 0 radical (unpaired) electrons. The first-order chi connectivity index (χ1) is 13.0. The molecule has 28 heavy (non-hydrogen) atoms. The number of Topliss-reactive ketones (excluding diaryl/α,β-unsaturated/α-hetero) is 1. The number of rotatable bonds is 5. The van der Waals surface area contributed by atoms with Crippen LogP contribution in [0.4, 0.5) is 15.0 Å². The van der Waals surface area contributed by atoms with Gasteiger partial charge in [-0.25, -0.2) is 14.2 Å². The van der Waals surface area contributed by atoms with Crippen LogP contribution in [0.2, 0.25) is 0 Å². The number of hydrogen-bond acceptors (Lipinski definition) is 5. The highest BCUT2D eigenvalue weighted by molar-refractivity contribution is 6.28. The van der Waals surface area contributed by atoms with E-state index < -0.39 is 17.5 Å². The number of nitrogens with one attached hydrogen (secondary N) is 1. The first-order valence-electron chi connectivity index (χ1n) is 8.70. The van der Waals surface area contributed by atoms with Crippen LogP contribution in [0.5, 0.6) is 0 Å². The van der Waals surface area contributed by atoms with Crippen molar-refractivity contribution in [1.29, 1.82) is 0 Å². The molecule has 7 heteroatoms. The Morgan fingerprint density at radius 1 is 1.14 bits per heavy atom. The molecule has 0 saturated carbocycles. The standard InChI is InChI=1S/C21H24FN3O3/c1-21(2,3)28-20(27)24-18-12-14(9-10-23-18)17(13-25(4)5)19(26)15-7-6-8-16(22)11-15/h6-13H,1-5H3,(H,23,24,27)/b17-13+. The van der Waals surface area contributed by atoms with Crippen LogP contribution >= 0.6 is 0 Å². The van der Waals surface area contributed by atoms with E-state index in [1.807, 2.05) is 0 Å². The number of aromatic nitrogens is 1. The number of carbonyl (C=O) groups excluding carboxylic acids is 2. The van der Waals surface area contributed by atoms with Gasteiger partial charge in [-0.05, 0) is 50.6 Å². The van der Waals surface area contributed by atoms with Crippen molar-refractivity contribution in [2.24, 2.45) is 0 Å². The van der Waals surface area contributed by atoms with Gasteiger partial charge in [-0.15, -0.1) is 0 Å². The van der Waals surface area contributed by atoms with E-state index in [0.29, 0.717) is 11.1 Å². The van der Waals surface area contributed by atoms with Crippen LogP contribution < -0.4 is 5.32 Å². The first kappa shape index (κ1) is 21.1. The average Bonchev–Trinajstić information content (AvgIpc) is 2.57. The van der Waals surface area contributed by atoms with Crippen LogP contribution in [-0.4, -0.2) is 41.5 Å². The zero-order chi connectivity index (χ0) is 20.9. The van der Waals surface area contributed by atoms with E-state index in [-0.39, 0.29) is 17.2 Å². The van der Waals surface area contributed by atoms with Gasteiger partial charge in [-0.1, -0.05) is 12.1 Å². The molecule has 2 aromatic rings. The predicted octanol–water partition coefficient (Wildman–Crippen LogP) is 4.35. The molecule has 1 aromatic heterocycles. The molecule has 6 nitrogen and oxygen atoms in total. The Balaban J connectivity index is 2.35. The lowest BCUT2D eigenvalue weighted by Gasteiger charge is -2.19. The van der Waals surface area contributed by atoms with Crippen molar-refractivity contribution in [3.8, 4) is 0 Å². The lowest BCUT2D eigenvalue weighted by Crippen LogP contribution is -2.27. The molecule has 1 amide bonds. The van der Waals surface area contributed by atoms with Crippen LogP contribution in [0.15, 0.2) is 48.8 Å². The minimum atomic E-state index is -0.648. The van der Waals surface area contributed by atoms with Gasteiger partial charge in [0.1, 0.15) is 17.2 Å². The maximum absolute atomic E-state index is 13.5. The summed E-state index contributed by atoms with van der Waals surface area (Å²) >= 11 is 0. The lowest BCUT2D eigenvalue weighted by atomic mass is 9.98. The second kappa shape index (κ2) is 8.65. The van der Waals surface area contributed by atoms with E-state index >= 15 is 0 Å². The highest BCUT2D eigenvalue weighted by Gasteiger charge is 2.19. The number of ketones is 1. The maximum atomic E-state index is 13.5. The summed E-state index contributed by atoms with van der Waals surface area (Å²) in [5, 5.41) is 2.55. The van der Waals surface area contributed by atoms with Gasteiger partial charge < -0.3 is 9.64 Å². The number of allylic oxidation sites excluding steroid dienone is 1. The van der Waals surface area contributed by atoms with Gasteiger partial charge in [0.2, 0.25) is 0 Å². The van der Waals surface area contributed by atoms with Gasteiger partial charge in [-0.2, -0.15) is 0 Å². The van der Waals surface area contributed by atoms with Crippen molar-refractivity contribution < 1.29 is 18.7 Å². The number of carbonyl (C=O) groups is 2. The molecule has 0 aliphatic heterocycles. The fourth-order valence-electron chi connectivity index (χ4n) is 2.38. The van der Waals surface area contributed by atoms with Crippen LogP contribution in [0, 0.1) is 5.82 Å². The Hall–Kier alpha value is -3.22. The fraction of sp³-hybridized carbons (Fsp3) is 0.286. The smallest absolute Gasteiger partial charge is 0.413 e. The van der Waals surface area contributed by atoms with E-state index in [2.05, 4.69) is 10.3 Å². The third-order valence-electron chi connectivity index (χ3n) is 3.42. The first-order valence-corrected chi connectivity index (χ1v) is 8.70. The molecular formula is C21H24FN3O3. The Bertz CT molecular complexity index is 902. The topological polar surface area (TPSA) is 71.5 Å². The number of benzene rings is 1. The molecule has 1 heterocycles. The van der Waals surface area contributed by atoms with Crippen molar-refractivity contribution >= 4 is 23.3 Å². The summed E-state index contributed by atoms with van der Waals surface area (Å²) < 4.78 is 18.8. The molecule has 0 spiro atoms. The van der Waals surface area contributed by atoms with Crippen molar-refractivity contribution in [2.45, 2.75) is 26.4 Å². The largest absolute Gasteiger partial charge is 0.444 e. The normalized spacial score (nSPS) is 11.7. The van der Waals surface area contributed by atoms with Crippen LogP contribution in [0.3, 0.4) is 0 Å². The third kappa shape index (κ3) is 6.19. The van der Waals surface area contributed by atoms with Gasteiger partial charge in [-0.3, -0.25) is 10.1 Å². The zero-order valence-corrected chi connectivity index (χ0v) is 16.6. The molecule has 2 rings (SSSR count). The van der Waals surface area contributed by atoms with Crippen LogP contribution in [0.25, 0.3) is 5.57 Å². The molecule has 1 aromatic carbocycles. The molecule has 148 valence electrons. The predicted molar refractivity (Wildman–Crippen MR) is 106 cm³/mol. The molecule has 0 atom stereocenters. The van der Waals surface area contributed by atoms with E-state index in [4.69, 9.17) is 4.74 Å².